The van der Waals surface area contributed by atoms with Crippen LogP contribution in [0.5, 0.6) is 0 Å². The van der Waals surface area contributed by atoms with Gasteiger partial charge in [0.1, 0.15) is 6.04 Å². The van der Waals surface area contributed by atoms with E-state index in [2.05, 4.69) is 39.8 Å². The van der Waals surface area contributed by atoms with E-state index in [0.29, 0.717) is 13.1 Å². The average molecular weight is 373 g/mol. The van der Waals surface area contributed by atoms with Gasteiger partial charge >= 0.3 is 6.03 Å². The molecule has 2 N–H and O–H groups in total. The van der Waals surface area contributed by atoms with Crippen LogP contribution in [0.1, 0.15) is 44.6 Å². The van der Waals surface area contributed by atoms with E-state index in [9.17, 15) is 9.59 Å². The van der Waals surface area contributed by atoms with Crippen LogP contribution in [-0.2, 0) is 11.3 Å². The Kier molecular flexibility index (Phi) is 7.10. The first-order valence-electron chi connectivity index (χ1n) is 10.2. The molecule has 1 aromatic carbocycles. The Morgan fingerprint density at radius 1 is 1.04 bits per heavy atom. The zero-order valence-electron chi connectivity index (χ0n) is 16.3. The van der Waals surface area contributed by atoms with Crippen molar-refractivity contribution in [2.75, 3.05) is 26.2 Å². The Morgan fingerprint density at radius 3 is 2.37 bits per heavy atom. The standard InChI is InChI=1S/C21H32N4O2/c1-17(22-21(27)23-19-10-6-3-7-11-19)20(26)25-14-12-24(13-15-25)16-18-8-4-2-5-9-18/h2,4-5,8-9,17,19H,3,6-7,10-16H2,1H3,(H2,22,23,27)/t17-/m0/s1. The fraction of sp³-hybridized carbons (Fsp3) is 0.619. The molecule has 2 fully saturated rings. The van der Waals surface area contributed by atoms with Gasteiger partial charge in [0.25, 0.3) is 0 Å². The molecule has 1 atom stereocenters. The van der Waals surface area contributed by atoms with Crippen LogP contribution in [0.25, 0.3) is 0 Å². The minimum atomic E-state index is -0.491. The van der Waals surface area contributed by atoms with Gasteiger partial charge in [-0.05, 0) is 25.3 Å². The second-order valence-electron chi connectivity index (χ2n) is 7.76. The van der Waals surface area contributed by atoms with Crippen molar-refractivity contribution in [2.45, 2.75) is 57.7 Å². The number of nitrogens with zero attached hydrogens (tertiary/aromatic N) is 2. The Morgan fingerprint density at radius 2 is 1.70 bits per heavy atom. The fourth-order valence-electron chi connectivity index (χ4n) is 3.97. The number of carbonyl (C=O) groups is 2. The smallest absolute Gasteiger partial charge is 0.315 e. The highest BCUT2D eigenvalue weighted by Crippen LogP contribution is 2.17. The lowest BCUT2D eigenvalue weighted by Gasteiger charge is -2.36. The van der Waals surface area contributed by atoms with Crippen molar-refractivity contribution in [3.8, 4) is 0 Å². The first-order chi connectivity index (χ1) is 13.1. The van der Waals surface area contributed by atoms with Gasteiger partial charge in [0.15, 0.2) is 0 Å². The van der Waals surface area contributed by atoms with Crippen molar-refractivity contribution in [3.05, 3.63) is 35.9 Å². The third-order valence-corrected chi connectivity index (χ3v) is 5.59. The van der Waals surface area contributed by atoms with Crippen molar-refractivity contribution in [2.24, 2.45) is 0 Å². The molecule has 3 amide bonds. The van der Waals surface area contributed by atoms with Crippen LogP contribution >= 0.6 is 0 Å². The summed E-state index contributed by atoms with van der Waals surface area (Å²) in [6, 6.07) is 9.95. The van der Waals surface area contributed by atoms with Crippen LogP contribution in [0, 0.1) is 0 Å². The summed E-state index contributed by atoms with van der Waals surface area (Å²) in [5.74, 6) is 0.00755. The molecule has 1 saturated carbocycles. The minimum Gasteiger partial charge on any atom is -0.338 e. The predicted octanol–water partition coefficient (Wildman–Crippen LogP) is 2.35. The zero-order chi connectivity index (χ0) is 19.1. The Labute approximate surface area is 162 Å². The van der Waals surface area contributed by atoms with E-state index < -0.39 is 6.04 Å². The van der Waals surface area contributed by atoms with Crippen LogP contribution in [-0.4, -0.2) is 60.0 Å². The number of amides is 3. The van der Waals surface area contributed by atoms with Gasteiger partial charge < -0.3 is 15.5 Å². The molecule has 1 aliphatic heterocycles. The van der Waals surface area contributed by atoms with E-state index >= 15 is 0 Å². The van der Waals surface area contributed by atoms with Gasteiger partial charge in [-0.2, -0.15) is 0 Å². The maximum absolute atomic E-state index is 12.7. The molecule has 1 aliphatic carbocycles. The third kappa shape index (κ3) is 5.96. The lowest BCUT2D eigenvalue weighted by molar-refractivity contribution is -0.134. The Balaban J connectivity index is 1.39. The first kappa shape index (κ1) is 19.7. The zero-order valence-corrected chi connectivity index (χ0v) is 16.3. The van der Waals surface area contributed by atoms with Crippen molar-refractivity contribution in [3.63, 3.8) is 0 Å². The number of urea groups is 1. The number of rotatable bonds is 5. The van der Waals surface area contributed by atoms with E-state index in [4.69, 9.17) is 0 Å². The number of nitrogens with one attached hydrogen (secondary N) is 2. The number of hydrogen-bond donors (Lipinski definition) is 2. The van der Waals surface area contributed by atoms with Gasteiger partial charge in [-0.3, -0.25) is 9.69 Å². The van der Waals surface area contributed by atoms with Crippen molar-refractivity contribution < 1.29 is 9.59 Å². The lowest BCUT2D eigenvalue weighted by Crippen LogP contribution is -2.55. The fourth-order valence-corrected chi connectivity index (χ4v) is 3.97. The topological polar surface area (TPSA) is 64.7 Å². The molecule has 0 aromatic heterocycles. The van der Waals surface area contributed by atoms with Gasteiger partial charge in [-0.1, -0.05) is 49.6 Å². The highest BCUT2D eigenvalue weighted by molar-refractivity contribution is 5.86. The molecule has 1 heterocycles. The summed E-state index contributed by atoms with van der Waals surface area (Å²) in [6.07, 6.45) is 5.68. The maximum Gasteiger partial charge on any atom is 0.315 e. The molecule has 6 heteroatoms. The monoisotopic (exact) mass is 372 g/mol. The second-order valence-corrected chi connectivity index (χ2v) is 7.76. The maximum atomic E-state index is 12.7. The van der Waals surface area contributed by atoms with Crippen molar-refractivity contribution >= 4 is 11.9 Å². The normalized spacial score (nSPS) is 20.1. The molecule has 3 rings (SSSR count). The van der Waals surface area contributed by atoms with Crippen LogP contribution in [0.4, 0.5) is 4.79 Å². The summed E-state index contributed by atoms with van der Waals surface area (Å²) in [4.78, 5) is 29.1. The molecule has 0 radical (unpaired) electrons. The second kappa shape index (κ2) is 9.74. The third-order valence-electron chi connectivity index (χ3n) is 5.59. The van der Waals surface area contributed by atoms with Gasteiger partial charge in [-0.15, -0.1) is 0 Å². The summed E-state index contributed by atoms with van der Waals surface area (Å²) in [5.41, 5.74) is 1.30. The average Bonchev–Trinajstić information content (AvgIpc) is 2.69. The molecule has 6 nitrogen and oxygen atoms in total. The number of hydrogen-bond acceptors (Lipinski definition) is 3. The molecule has 0 spiro atoms. The Hall–Kier alpha value is -2.08. The van der Waals surface area contributed by atoms with Gasteiger partial charge in [-0.25, -0.2) is 4.79 Å². The van der Waals surface area contributed by atoms with Gasteiger partial charge in [0, 0.05) is 38.8 Å². The highest BCUT2D eigenvalue weighted by Gasteiger charge is 2.26. The van der Waals surface area contributed by atoms with Gasteiger partial charge in [0.2, 0.25) is 5.91 Å². The van der Waals surface area contributed by atoms with Crippen molar-refractivity contribution in [1.29, 1.82) is 0 Å². The largest absolute Gasteiger partial charge is 0.338 e. The molecule has 0 unspecified atom stereocenters. The van der Waals surface area contributed by atoms with E-state index in [1.165, 1.54) is 24.8 Å². The summed E-state index contributed by atoms with van der Waals surface area (Å²) in [7, 11) is 0. The molecular formula is C21H32N4O2. The van der Waals surface area contributed by atoms with E-state index in [0.717, 1.165) is 32.5 Å². The molecular weight excluding hydrogens is 340 g/mol. The highest BCUT2D eigenvalue weighted by atomic mass is 16.2. The molecule has 1 saturated heterocycles. The summed E-state index contributed by atoms with van der Waals surface area (Å²) in [5, 5.41) is 5.83. The van der Waals surface area contributed by atoms with Crippen LogP contribution in [0.2, 0.25) is 0 Å². The SMILES string of the molecule is C[C@H](NC(=O)NC1CCCCC1)C(=O)N1CCN(Cc2ccccc2)CC1. The molecule has 0 bridgehead atoms. The summed E-state index contributed by atoms with van der Waals surface area (Å²) >= 11 is 0. The lowest BCUT2D eigenvalue weighted by atomic mass is 9.96. The number of benzene rings is 1. The van der Waals surface area contributed by atoms with Gasteiger partial charge in [0.05, 0.1) is 0 Å². The van der Waals surface area contributed by atoms with Crippen molar-refractivity contribution in [1.82, 2.24) is 20.4 Å². The number of piperazine rings is 1. The van der Waals surface area contributed by atoms with Crippen LogP contribution < -0.4 is 10.6 Å². The molecule has 27 heavy (non-hydrogen) atoms. The quantitative estimate of drug-likeness (QED) is 0.834. The van der Waals surface area contributed by atoms with Crippen LogP contribution in [0.3, 0.4) is 0 Å². The number of carbonyl (C=O) groups excluding carboxylic acids is 2. The molecule has 1 aromatic rings. The van der Waals surface area contributed by atoms with E-state index in [-0.39, 0.29) is 18.0 Å². The summed E-state index contributed by atoms with van der Waals surface area (Å²) < 4.78 is 0. The minimum absolute atomic E-state index is 0.00755. The first-order valence-corrected chi connectivity index (χ1v) is 10.2. The predicted molar refractivity (Wildman–Crippen MR) is 106 cm³/mol. The molecule has 2 aliphatic rings. The molecule has 148 valence electrons. The van der Waals surface area contributed by atoms with E-state index in [1.54, 1.807) is 6.92 Å². The van der Waals surface area contributed by atoms with E-state index in [1.807, 2.05) is 11.0 Å². The van der Waals surface area contributed by atoms with Crippen LogP contribution in [0.15, 0.2) is 30.3 Å². The Bertz CT molecular complexity index is 608. The summed E-state index contributed by atoms with van der Waals surface area (Å²) in [6.45, 7) is 5.84.